The van der Waals surface area contributed by atoms with Gasteiger partial charge in [0.1, 0.15) is 5.69 Å². The Balaban J connectivity index is 1.79. The smallest absolute Gasteiger partial charge is 0.267 e. The quantitative estimate of drug-likeness (QED) is 0.742. The number of pyridine rings is 1. The van der Waals surface area contributed by atoms with Crippen molar-refractivity contribution in [1.29, 1.82) is 0 Å². The van der Waals surface area contributed by atoms with Gasteiger partial charge in [-0.2, -0.15) is 0 Å². The maximum absolute atomic E-state index is 12.1. The van der Waals surface area contributed by atoms with Crippen LogP contribution in [0.5, 0.6) is 0 Å². The van der Waals surface area contributed by atoms with Crippen molar-refractivity contribution in [3.63, 3.8) is 0 Å². The van der Waals surface area contributed by atoms with Crippen LogP contribution in [0.2, 0.25) is 0 Å². The van der Waals surface area contributed by atoms with Crippen molar-refractivity contribution >= 4 is 23.4 Å². The summed E-state index contributed by atoms with van der Waals surface area (Å²) in [7, 11) is 0. The van der Waals surface area contributed by atoms with Gasteiger partial charge in [0.15, 0.2) is 0 Å². The van der Waals surface area contributed by atoms with E-state index < -0.39 is 11.8 Å². The third-order valence-electron chi connectivity index (χ3n) is 5.35. The number of nitrogens with one attached hydrogen (secondary N) is 1. The number of carbonyl (C=O) groups is 3. The molecule has 1 aliphatic carbocycles. The Kier molecular flexibility index (Phi) is 3.95. The summed E-state index contributed by atoms with van der Waals surface area (Å²) in [5.74, 6) is -0.865. The zero-order chi connectivity index (χ0) is 19.3. The predicted molar refractivity (Wildman–Crippen MR) is 99.4 cm³/mol. The average molecular weight is 364 g/mol. The van der Waals surface area contributed by atoms with E-state index in [2.05, 4.69) is 10.3 Å². The molecule has 7 heteroatoms. The van der Waals surface area contributed by atoms with Gasteiger partial charge in [-0.05, 0) is 47.1 Å². The topological polar surface area (TPSA) is 128 Å². The average Bonchev–Trinajstić information content (AvgIpc) is 3.19. The zero-order valence-electron chi connectivity index (χ0n) is 14.9. The minimum Gasteiger partial charge on any atom is -0.366 e. The van der Waals surface area contributed by atoms with Gasteiger partial charge < -0.3 is 16.8 Å². The Morgan fingerprint density at radius 1 is 1.26 bits per heavy atom. The number of carbonyl (C=O) groups excluding carboxylic acids is 3. The summed E-state index contributed by atoms with van der Waals surface area (Å²) < 4.78 is 0. The number of hydrogen-bond donors (Lipinski definition) is 3. The second-order valence-electron chi connectivity index (χ2n) is 7.32. The summed E-state index contributed by atoms with van der Waals surface area (Å²) in [5, 5.41) is 2.81. The first kappa shape index (κ1) is 17.2. The van der Waals surface area contributed by atoms with Crippen LogP contribution in [-0.4, -0.2) is 22.7 Å². The Morgan fingerprint density at radius 2 is 2.00 bits per heavy atom. The molecular formula is C20H20N4O3. The Labute approximate surface area is 156 Å². The molecule has 27 heavy (non-hydrogen) atoms. The normalized spacial score (nSPS) is 20.1. The lowest BCUT2D eigenvalue weighted by Crippen LogP contribution is -2.22. The maximum atomic E-state index is 12.1. The standard InChI is InChI=1S/C20H20N4O3/c1-9-5-12(9)17-14(19(21)26)7-11(23-18(17)20(22)27)6-10-3-2-4-15-13(10)8-16(25)24-15/h2-4,7,9,12H,5-6,8H2,1H3,(H2,21,26)(H2,22,27)(H,24,25)/t9-,12-/m0/s1. The Hall–Kier alpha value is -3.22. The number of fused-ring (bicyclic) bond motifs is 1. The van der Waals surface area contributed by atoms with Crippen LogP contribution in [0.25, 0.3) is 0 Å². The molecular weight excluding hydrogens is 344 g/mol. The molecule has 0 saturated heterocycles. The Bertz CT molecular complexity index is 964. The number of hydrogen-bond acceptors (Lipinski definition) is 4. The molecule has 7 nitrogen and oxygen atoms in total. The minimum absolute atomic E-state index is 0.0564. The van der Waals surface area contributed by atoms with Gasteiger partial charge in [0.2, 0.25) is 11.8 Å². The number of nitrogens with two attached hydrogens (primary N) is 2. The molecule has 1 aromatic carbocycles. The number of benzene rings is 1. The lowest BCUT2D eigenvalue weighted by atomic mass is 9.95. The van der Waals surface area contributed by atoms with Gasteiger partial charge in [0.05, 0.1) is 6.42 Å². The molecule has 0 radical (unpaired) electrons. The van der Waals surface area contributed by atoms with Crippen LogP contribution in [-0.2, 0) is 17.6 Å². The van der Waals surface area contributed by atoms with E-state index in [9.17, 15) is 14.4 Å². The van der Waals surface area contributed by atoms with E-state index in [1.807, 2.05) is 25.1 Å². The lowest BCUT2D eigenvalue weighted by Gasteiger charge is -2.14. The number of rotatable bonds is 5. The molecule has 5 N–H and O–H groups in total. The second kappa shape index (κ2) is 6.19. The molecule has 4 rings (SSSR count). The molecule has 1 fully saturated rings. The third-order valence-corrected chi connectivity index (χ3v) is 5.35. The van der Waals surface area contributed by atoms with Crippen LogP contribution in [0.3, 0.4) is 0 Å². The van der Waals surface area contributed by atoms with E-state index in [4.69, 9.17) is 11.5 Å². The third kappa shape index (κ3) is 3.05. The van der Waals surface area contributed by atoms with Gasteiger partial charge in [-0.15, -0.1) is 0 Å². The van der Waals surface area contributed by atoms with Crippen molar-refractivity contribution in [2.45, 2.75) is 32.1 Å². The summed E-state index contributed by atoms with van der Waals surface area (Å²) in [6.45, 7) is 2.05. The van der Waals surface area contributed by atoms with Gasteiger partial charge >= 0.3 is 0 Å². The summed E-state index contributed by atoms with van der Waals surface area (Å²) in [4.78, 5) is 40.2. The molecule has 0 bridgehead atoms. The number of aromatic nitrogens is 1. The first-order valence-corrected chi connectivity index (χ1v) is 8.89. The van der Waals surface area contributed by atoms with Crippen LogP contribution >= 0.6 is 0 Å². The molecule has 2 atom stereocenters. The first-order chi connectivity index (χ1) is 12.8. The van der Waals surface area contributed by atoms with Crippen molar-refractivity contribution in [2.24, 2.45) is 17.4 Å². The minimum atomic E-state index is -0.663. The molecule has 1 aliphatic heterocycles. The first-order valence-electron chi connectivity index (χ1n) is 8.89. The van der Waals surface area contributed by atoms with Crippen molar-refractivity contribution in [3.05, 3.63) is 57.9 Å². The summed E-state index contributed by atoms with van der Waals surface area (Å²) in [6.07, 6.45) is 1.55. The molecule has 0 spiro atoms. The molecule has 2 aromatic rings. The molecule has 138 valence electrons. The highest BCUT2D eigenvalue weighted by atomic mass is 16.2. The lowest BCUT2D eigenvalue weighted by molar-refractivity contribution is -0.115. The molecule has 3 amide bonds. The molecule has 1 saturated carbocycles. The fraction of sp³-hybridized carbons (Fsp3) is 0.300. The van der Waals surface area contributed by atoms with E-state index in [0.717, 1.165) is 23.2 Å². The van der Waals surface area contributed by atoms with Crippen LogP contribution < -0.4 is 16.8 Å². The summed E-state index contributed by atoms with van der Waals surface area (Å²) in [6, 6.07) is 7.26. The van der Waals surface area contributed by atoms with Crippen LogP contribution in [0.1, 0.15) is 62.5 Å². The van der Waals surface area contributed by atoms with Crippen molar-refractivity contribution in [2.75, 3.05) is 5.32 Å². The van der Waals surface area contributed by atoms with Gasteiger partial charge in [-0.1, -0.05) is 19.1 Å². The number of anilines is 1. The van der Waals surface area contributed by atoms with E-state index in [1.54, 1.807) is 6.07 Å². The van der Waals surface area contributed by atoms with Gasteiger partial charge in [-0.3, -0.25) is 14.4 Å². The predicted octanol–water partition coefficient (Wildman–Crippen LogP) is 1.49. The highest BCUT2D eigenvalue weighted by molar-refractivity contribution is 6.01. The Morgan fingerprint density at radius 3 is 2.63 bits per heavy atom. The van der Waals surface area contributed by atoms with Crippen LogP contribution in [0, 0.1) is 5.92 Å². The molecule has 0 unspecified atom stereocenters. The van der Waals surface area contributed by atoms with Crippen LogP contribution in [0.15, 0.2) is 24.3 Å². The fourth-order valence-electron chi connectivity index (χ4n) is 3.87. The number of nitrogens with zero attached hydrogens (tertiary/aromatic N) is 1. The van der Waals surface area contributed by atoms with Gasteiger partial charge in [0, 0.05) is 23.4 Å². The second-order valence-corrected chi connectivity index (χ2v) is 7.32. The monoisotopic (exact) mass is 364 g/mol. The van der Waals surface area contributed by atoms with E-state index in [-0.39, 0.29) is 17.5 Å². The van der Waals surface area contributed by atoms with E-state index >= 15 is 0 Å². The van der Waals surface area contributed by atoms with E-state index in [0.29, 0.717) is 35.6 Å². The van der Waals surface area contributed by atoms with Crippen molar-refractivity contribution < 1.29 is 14.4 Å². The highest BCUT2D eigenvalue weighted by Gasteiger charge is 2.40. The molecule has 2 aliphatic rings. The zero-order valence-corrected chi connectivity index (χ0v) is 14.9. The number of primary amides is 2. The molecule has 1 aromatic heterocycles. The van der Waals surface area contributed by atoms with E-state index in [1.165, 1.54) is 0 Å². The molecule has 2 heterocycles. The van der Waals surface area contributed by atoms with Gasteiger partial charge in [-0.25, -0.2) is 4.98 Å². The van der Waals surface area contributed by atoms with Crippen molar-refractivity contribution in [1.82, 2.24) is 4.98 Å². The van der Waals surface area contributed by atoms with Crippen LogP contribution in [0.4, 0.5) is 5.69 Å². The van der Waals surface area contributed by atoms with Crippen molar-refractivity contribution in [3.8, 4) is 0 Å². The summed E-state index contributed by atoms with van der Waals surface area (Å²) >= 11 is 0. The SMILES string of the molecule is C[C@H]1C[C@@H]1c1c(C(N)=O)cc(Cc2cccc3c2CC(=O)N3)nc1C(N)=O. The largest absolute Gasteiger partial charge is 0.366 e. The maximum Gasteiger partial charge on any atom is 0.267 e. The van der Waals surface area contributed by atoms with Gasteiger partial charge in [0.25, 0.3) is 5.91 Å². The summed E-state index contributed by atoms with van der Waals surface area (Å²) in [5.41, 5.74) is 15.3. The fourth-order valence-corrected chi connectivity index (χ4v) is 3.87. The highest BCUT2D eigenvalue weighted by Crippen LogP contribution is 2.49. The number of amides is 3.